The molecular formula is C22H26N2O. The van der Waals surface area contributed by atoms with E-state index in [1.807, 2.05) is 19.9 Å². The van der Waals surface area contributed by atoms with Gasteiger partial charge in [-0.1, -0.05) is 48.5 Å². The van der Waals surface area contributed by atoms with Crippen molar-refractivity contribution in [2.75, 3.05) is 0 Å². The van der Waals surface area contributed by atoms with Gasteiger partial charge in [-0.15, -0.1) is 0 Å². The number of amides is 1. The highest BCUT2D eigenvalue weighted by atomic mass is 16.1. The van der Waals surface area contributed by atoms with Crippen LogP contribution in [-0.4, -0.2) is 16.5 Å². The second-order valence-corrected chi connectivity index (χ2v) is 7.03. The first-order valence-electron chi connectivity index (χ1n) is 8.92. The molecule has 0 aliphatic rings. The van der Waals surface area contributed by atoms with E-state index in [1.165, 1.54) is 22.0 Å². The molecule has 0 fully saturated rings. The van der Waals surface area contributed by atoms with Crippen LogP contribution >= 0.6 is 0 Å². The lowest BCUT2D eigenvalue weighted by Crippen LogP contribution is -2.31. The second kappa shape index (κ2) is 7.56. The van der Waals surface area contributed by atoms with Gasteiger partial charge < -0.3 is 9.88 Å². The fourth-order valence-corrected chi connectivity index (χ4v) is 3.49. The van der Waals surface area contributed by atoms with E-state index in [2.05, 4.69) is 71.7 Å². The number of hydrogen-bond acceptors (Lipinski definition) is 1. The van der Waals surface area contributed by atoms with Gasteiger partial charge in [-0.05, 0) is 43.4 Å². The Kier molecular flexibility index (Phi) is 5.22. The van der Waals surface area contributed by atoms with Gasteiger partial charge >= 0.3 is 0 Å². The summed E-state index contributed by atoms with van der Waals surface area (Å²) in [6.45, 7) is 4.00. The van der Waals surface area contributed by atoms with Crippen LogP contribution in [0.15, 0.2) is 60.8 Å². The van der Waals surface area contributed by atoms with Crippen LogP contribution in [0.1, 0.15) is 37.3 Å². The van der Waals surface area contributed by atoms with E-state index in [4.69, 9.17) is 0 Å². The van der Waals surface area contributed by atoms with E-state index in [1.54, 1.807) is 0 Å². The van der Waals surface area contributed by atoms with Crippen LogP contribution in [-0.2, 0) is 18.3 Å². The van der Waals surface area contributed by atoms with Crippen molar-refractivity contribution < 1.29 is 4.79 Å². The van der Waals surface area contributed by atoms with Gasteiger partial charge in [-0.3, -0.25) is 4.79 Å². The number of rotatable bonds is 6. The Hall–Kier alpha value is -2.55. The summed E-state index contributed by atoms with van der Waals surface area (Å²) in [7, 11) is 2.07. The quantitative estimate of drug-likeness (QED) is 0.711. The normalized spacial score (nSPS) is 12.5. The minimum Gasteiger partial charge on any atom is -0.354 e. The number of aromatic nitrogens is 1. The molecule has 0 spiro atoms. The maximum Gasteiger partial charge on any atom is 0.220 e. The number of carbonyl (C=O) groups is 1. The molecule has 0 radical (unpaired) electrons. The molecule has 1 heterocycles. The minimum absolute atomic E-state index is 0.115. The van der Waals surface area contributed by atoms with Crippen molar-refractivity contribution in [1.82, 2.24) is 9.88 Å². The zero-order valence-corrected chi connectivity index (χ0v) is 15.2. The standard InChI is InChI=1S/C22H26N2O/c1-16(2)23-22(25)14-18(13-17-9-5-4-6-10-17)20-15-24(3)21-12-8-7-11-19(20)21/h4-12,15-16,18H,13-14H2,1-3H3,(H,23,25). The Labute approximate surface area is 149 Å². The van der Waals surface area contributed by atoms with Crippen LogP contribution in [0.25, 0.3) is 10.9 Å². The summed E-state index contributed by atoms with van der Waals surface area (Å²) >= 11 is 0. The molecule has 3 aromatic rings. The molecule has 0 aliphatic heterocycles. The molecule has 25 heavy (non-hydrogen) atoms. The van der Waals surface area contributed by atoms with Crippen LogP contribution < -0.4 is 5.32 Å². The molecular weight excluding hydrogens is 308 g/mol. The Bertz CT molecular complexity index is 849. The molecule has 3 nitrogen and oxygen atoms in total. The molecule has 0 bridgehead atoms. The number of para-hydroxylation sites is 1. The first kappa shape index (κ1) is 17.3. The molecule has 1 aromatic heterocycles. The molecule has 130 valence electrons. The largest absolute Gasteiger partial charge is 0.354 e. The maximum atomic E-state index is 12.5. The van der Waals surface area contributed by atoms with Gasteiger partial charge in [0, 0.05) is 36.6 Å². The van der Waals surface area contributed by atoms with Crippen molar-refractivity contribution in [1.29, 1.82) is 0 Å². The van der Waals surface area contributed by atoms with Crippen LogP contribution in [0.4, 0.5) is 0 Å². The van der Waals surface area contributed by atoms with Gasteiger partial charge in [0.1, 0.15) is 0 Å². The fraction of sp³-hybridized carbons (Fsp3) is 0.318. The molecule has 1 amide bonds. The van der Waals surface area contributed by atoms with Crippen molar-refractivity contribution in [3.8, 4) is 0 Å². The van der Waals surface area contributed by atoms with Crippen molar-refractivity contribution in [3.63, 3.8) is 0 Å². The molecule has 2 aromatic carbocycles. The van der Waals surface area contributed by atoms with E-state index in [0.717, 1.165) is 6.42 Å². The highest BCUT2D eigenvalue weighted by Gasteiger charge is 2.21. The van der Waals surface area contributed by atoms with E-state index >= 15 is 0 Å². The summed E-state index contributed by atoms with van der Waals surface area (Å²) in [6, 6.07) is 19.0. The number of fused-ring (bicyclic) bond motifs is 1. The lowest BCUT2D eigenvalue weighted by molar-refractivity contribution is -0.121. The molecule has 0 aliphatic carbocycles. The van der Waals surface area contributed by atoms with Gasteiger partial charge in [0.25, 0.3) is 0 Å². The van der Waals surface area contributed by atoms with Gasteiger partial charge in [0.15, 0.2) is 0 Å². The van der Waals surface area contributed by atoms with Crippen LogP contribution in [0.3, 0.4) is 0 Å². The predicted octanol–water partition coefficient (Wildman–Crippen LogP) is 4.42. The second-order valence-electron chi connectivity index (χ2n) is 7.03. The summed E-state index contributed by atoms with van der Waals surface area (Å²) in [5.41, 5.74) is 3.72. The van der Waals surface area contributed by atoms with Crippen LogP contribution in [0.2, 0.25) is 0 Å². The maximum absolute atomic E-state index is 12.5. The molecule has 1 N–H and O–H groups in total. The average Bonchev–Trinajstić information content (AvgIpc) is 2.92. The lowest BCUT2D eigenvalue weighted by Gasteiger charge is -2.18. The number of carbonyl (C=O) groups excluding carboxylic acids is 1. The Morgan fingerprint density at radius 2 is 1.72 bits per heavy atom. The highest BCUT2D eigenvalue weighted by Crippen LogP contribution is 2.32. The van der Waals surface area contributed by atoms with E-state index in [0.29, 0.717) is 6.42 Å². The van der Waals surface area contributed by atoms with Crippen molar-refractivity contribution in [2.45, 2.75) is 38.6 Å². The summed E-state index contributed by atoms with van der Waals surface area (Å²) in [5, 5.41) is 4.28. The Balaban J connectivity index is 1.96. The van der Waals surface area contributed by atoms with Crippen LogP contribution in [0, 0.1) is 0 Å². The van der Waals surface area contributed by atoms with Crippen molar-refractivity contribution in [3.05, 3.63) is 71.9 Å². The smallest absolute Gasteiger partial charge is 0.220 e. The Morgan fingerprint density at radius 1 is 1.04 bits per heavy atom. The molecule has 3 heteroatoms. The van der Waals surface area contributed by atoms with Gasteiger partial charge in [0.05, 0.1) is 0 Å². The highest BCUT2D eigenvalue weighted by molar-refractivity contribution is 5.86. The average molecular weight is 334 g/mol. The third-order valence-corrected chi connectivity index (χ3v) is 4.57. The van der Waals surface area contributed by atoms with Gasteiger partial charge in [-0.2, -0.15) is 0 Å². The molecule has 1 unspecified atom stereocenters. The summed E-state index contributed by atoms with van der Waals surface area (Å²) < 4.78 is 2.16. The molecule has 0 saturated carbocycles. The number of hydrogen-bond donors (Lipinski definition) is 1. The lowest BCUT2D eigenvalue weighted by atomic mass is 9.88. The SMILES string of the molecule is CC(C)NC(=O)CC(Cc1ccccc1)c1cn(C)c2ccccc12. The molecule has 3 rings (SSSR count). The summed E-state index contributed by atoms with van der Waals surface area (Å²) in [5.74, 6) is 0.274. The summed E-state index contributed by atoms with van der Waals surface area (Å²) in [6.07, 6.45) is 3.54. The van der Waals surface area contributed by atoms with E-state index in [-0.39, 0.29) is 17.9 Å². The predicted molar refractivity (Wildman–Crippen MR) is 104 cm³/mol. The fourth-order valence-electron chi connectivity index (χ4n) is 3.49. The van der Waals surface area contributed by atoms with Crippen molar-refractivity contribution >= 4 is 16.8 Å². The van der Waals surface area contributed by atoms with Crippen molar-refractivity contribution in [2.24, 2.45) is 7.05 Å². The third-order valence-electron chi connectivity index (χ3n) is 4.57. The molecule has 1 atom stereocenters. The molecule has 0 saturated heterocycles. The number of nitrogens with one attached hydrogen (secondary N) is 1. The summed E-state index contributed by atoms with van der Waals surface area (Å²) in [4.78, 5) is 12.5. The third kappa shape index (κ3) is 4.11. The van der Waals surface area contributed by atoms with Gasteiger partial charge in [0.2, 0.25) is 5.91 Å². The van der Waals surface area contributed by atoms with Crippen LogP contribution in [0.5, 0.6) is 0 Å². The number of benzene rings is 2. The van der Waals surface area contributed by atoms with E-state index in [9.17, 15) is 4.79 Å². The van der Waals surface area contributed by atoms with E-state index < -0.39 is 0 Å². The number of aryl methyl sites for hydroxylation is 1. The zero-order chi connectivity index (χ0) is 17.8. The minimum atomic E-state index is 0.115. The number of nitrogens with zero attached hydrogens (tertiary/aromatic N) is 1. The Morgan fingerprint density at radius 3 is 2.44 bits per heavy atom. The van der Waals surface area contributed by atoms with Gasteiger partial charge in [-0.25, -0.2) is 0 Å². The zero-order valence-electron chi connectivity index (χ0n) is 15.2. The topological polar surface area (TPSA) is 34.0 Å². The first-order valence-corrected chi connectivity index (χ1v) is 8.92. The first-order chi connectivity index (χ1) is 12.0. The monoisotopic (exact) mass is 334 g/mol.